The van der Waals surface area contributed by atoms with Crippen LogP contribution in [0.4, 0.5) is 4.79 Å². The number of likely N-dealkylation sites (N-methyl/N-ethyl adjacent to an activating group) is 1. The molecule has 28 heavy (non-hydrogen) atoms. The van der Waals surface area contributed by atoms with Gasteiger partial charge in [-0.3, -0.25) is 20.0 Å². The molecule has 3 amide bonds. The number of nitrogens with zero attached hydrogens (tertiary/aromatic N) is 3. The normalized spacial score (nSPS) is 29.9. The van der Waals surface area contributed by atoms with Gasteiger partial charge < -0.3 is 15.5 Å². The van der Waals surface area contributed by atoms with Gasteiger partial charge in [0.1, 0.15) is 5.54 Å². The first-order valence-corrected chi connectivity index (χ1v) is 10.3. The highest BCUT2D eigenvalue weighted by Gasteiger charge is 2.48. The molecule has 3 aliphatic heterocycles. The van der Waals surface area contributed by atoms with E-state index in [1.807, 2.05) is 14.0 Å². The largest absolute Gasteiger partial charge is 0.355 e. The van der Waals surface area contributed by atoms with Crippen LogP contribution in [0.1, 0.15) is 46.0 Å². The Morgan fingerprint density at radius 1 is 1.21 bits per heavy atom. The monoisotopic (exact) mass is 506 g/mol. The van der Waals surface area contributed by atoms with Crippen molar-refractivity contribution in [1.82, 2.24) is 25.8 Å². The topological polar surface area (TPSA) is 89.1 Å². The summed E-state index contributed by atoms with van der Waals surface area (Å²) in [5, 5.41) is 8.76. The van der Waals surface area contributed by atoms with Crippen LogP contribution in [-0.4, -0.2) is 79.0 Å². The number of nitrogens with one attached hydrogen (secondary N) is 3. The summed E-state index contributed by atoms with van der Waals surface area (Å²) in [6.07, 6.45) is 5.56. The van der Waals surface area contributed by atoms with Gasteiger partial charge in [0, 0.05) is 32.7 Å². The molecule has 2 atom stereocenters. The van der Waals surface area contributed by atoms with E-state index in [9.17, 15) is 9.59 Å². The second kappa shape index (κ2) is 10.1. The lowest BCUT2D eigenvalue weighted by Crippen LogP contribution is -2.56. The number of guanidine groups is 1. The van der Waals surface area contributed by atoms with Crippen molar-refractivity contribution in [3.63, 3.8) is 0 Å². The molecule has 0 spiro atoms. The van der Waals surface area contributed by atoms with Crippen LogP contribution in [0.2, 0.25) is 0 Å². The molecule has 9 heteroatoms. The molecule has 3 heterocycles. The van der Waals surface area contributed by atoms with Crippen molar-refractivity contribution in [2.24, 2.45) is 10.9 Å². The first-order chi connectivity index (χ1) is 13.0. The Morgan fingerprint density at radius 3 is 2.50 bits per heavy atom. The van der Waals surface area contributed by atoms with Gasteiger partial charge in [0.15, 0.2) is 5.96 Å². The van der Waals surface area contributed by atoms with E-state index in [-0.39, 0.29) is 41.8 Å². The average Bonchev–Trinajstić information content (AvgIpc) is 2.95. The van der Waals surface area contributed by atoms with Crippen LogP contribution in [0.5, 0.6) is 0 Å². The SMILES string of the molecule is CCN1CCCCC1CNC(=NC)N1CCC(C2(C)NC(=O)NC2=O)CC1.I. The zero-order valence-corrected chi connectivity index (χ0v) is 19.6. The minimum absolute atomic E-state index is 0. The molecule has 0 radical (unpaired) electrons. The average molecular weight is 506 g/mol. The number of hydrogen-bond acceptors (Lipinski definition) is 4. The Kier molecular flexibility index (Phi) is 8.35. The number of amides is 3. The van der Waals surface area contributed by atoms with E-state index >= 15 is 0 Å². The van der Waals surface area contributed by atoms with Gasteiger partial charge in [0.2, 0.25) is 0 Å². The number of hydrogen-bond donors (Lipinski definition) is 3. The summed E-state index contributed by atoms with van der Waals surface area (Å²) in [6.45, 7) is 8.97. The van der Waals surface area contributed by atoms with Crippen LogP contribution in [0.25, 0.3) is 0 Å². The second-order valence-corrected chi connectivity index (χ2v) is 8.08. The highest BCUT2D eigenvalue weighted by Crippen LogP contribution is 2.30. The lowest BCUT2D eigenvalue weighted by atomic mass is 9.79. The number of urea groups is 1. The molecule has 0 aliphatic carbocycles. The molecule has 3 saturated heterocycles. The predicted octanol–water partition coefficient (Wildman–Crippen LogP) is 1.36. The number of likely N-dealkylation sites (tertiary alicyclic amines) is 2. The highest BCUT2D eigenvalue weighted by atomic mass is 127. The van der Waals surface area contributed by atoms with Crippen LogP contribution in [0.15, 0.2) is 4.99 Å². The smallest absolute Gasteiger partial charge is 0.322 e. The van der Waals surface area contributed by atoms with Gasteiger partial charge in [-0.1, -0.05) is 13.3 Å². The molecule has 3 rings (SSSR count). The molecule has 0 aromatic rings. The molecule has 0 bridgehead atoms. The third kappa shape index (κ3) is 4.90. The number of halogens is 1. The molecule has 2 unspecified atom stereocenters. The van der Waals surface area contributed by atoms with Crippen molar-refractivity contribution in [3.8, 4) is 0 Å². The van der Waals surface area contributed by atoms with Crippen LogP contribution in [0, 0.1) is 5.92 Å². The standard InChI is InChI=1S/C19H34N6O2.HI/c1-4-24-10-6-5-7-15(24)13-21-17(20-3)25-11-8-14(9-12-25)19(2)16(26)22-18(27)23-19;/h14-15H,4-13H2,1-3H3,(H,20,21)(H2,22,23,26,27);1H. The minimum Gasteiger partial charge on any atom is -0.355 e. The number of carbonyl (C=O) groups is 2. The van der Waals surface area contributed by atoms with Gasteiger partial charge in [-0.25, -0.2) is 4.79 Å². The van der Waals surface area contributed by atoms with E-state index in [2.05, 4.69) is 37.7 Å². The molecular weight excluding hydrogens is 471 g/mol. The Bertz CT molecular complexity index is 593. The van der Waals surface area contributed by atoms with Crippen molar-refractivity contribution >= 4 is 41.9 Å². The number of carbonyl (C=O) groups excluding carboxylic acids is 2. The quantitative estimate of drug-likeness (QED) is 0.232. The summed E-state index contributed by atoms with van der Waals surface area (Å²) in [4.78, 5) is 33.0. The van der Waals surface area contributed by atoms with Gasteiger partial charge in [-0.05, 0) is 51.6 Å². The zero-order chi connectivity index (χ0) is 19.4. The lowest BCUT2D eigenvalue weighted by Gasteiger charge is -2.40. The molecule has 160 valence electrons. The van der Waals surface area contributed by atoms with Gasteiger partial charge in [0.25, 0.3) is 5.91 Å². The van der Waals surface area contributed by atoms with Gasteiger partial charge in [-0.15, -0.1) is 24.0 Å². The fourth-order valence-corrected chi connectivity index (χ4v) is 4.76. The van der Waals surface area contributed by atoms with Crippen molar-refractivity contribution in [2.75, 3.05) is 39.8 Å². The summed E-state index contributed by atoms with van der Waals surface area (Å²) in [6, 6.07) is 0.199. The Morgan fingerprint density at radius 2 is 1.93 bits per heavy atom. The van der Waals surface area contributed by atoms with E-state index in [0.29, 0.717) is 6.04 Å². The molecule has 0 aromatic carbocycles. The van der Waals surface area contributed by atoms with Crippen molar-refractivity contribution < 1.29 is 9.59 Å². The molecule has 3 fully saturated rings. The zero-order valence-electron chi connectivity index (χ0n) is 17.3. The molecule has 0 aromatic heterocycles. The summed E-state index contributed by atoms with van der Waals surface area (Å²) < 4.78 is 0. The van der Waals surface area contributed by atoms with E-state index in [1.54, 1.807) is 0 Å². The molecule has 8 nitrogen and oxygen atoms in total. The van der Waals surface area contributed by atoms with Crippen LogP contribution < -0.4 is 16.0 Å². The van der Waals surface area contributed by atoms with E-state index in [0.717, 1.165) is 45.0 Å². The Hall–Kier alpha value is -1.10. The number of aliphatic imine (C=N–C) groups is 1. The maximum atomic E-state index is 12.2. The first kappa shape index (κ1) is 23.2. The fraction of sp³-hybridized carbons (Fsp3) is 0.842. The number of imide groups is 1. The Labute approximate surface area is 185 Å². The third-order valence-corrected chi connectivity index (χ3v) is 6.55. The highest BCUT2D eigenvalue weighted by molar-refractivity contribution is 14.0. The lowest BCUT2D eigenvalue weighted by molar-refractivity contribution is -0.125. The van der Waals surface area contributed by atoms with Crippen LogP contribution in [-0.2, 0) is 4.79 Å². The van der Waals surface area contributed by atoms with E-state index < -0.39 is 5.54 Å². The minimum atomic E-state index is -0.788. The van der Waals surface area contributed by atoms with Crippen molar-refractivity contribution in [3.05, 3.63) is 0 Å². The summed E-state index contributed by atoms with van der Waals surface area (Å²) in [7, 11) is 1.83. The fourth-order valence-electron chi connectivity index (χ4n) is 4.76. The molecule has 3 N–H and O–H groups in total. The Balaban J connectivity index is 0.00000280. The predicted molar refractivity (Wildman–Crippen MR) is 121 cm³/mol. The van der Waals surface area contributed by atoms with E-state index in [4.69, 9.17) is 0 Å². The maximum Gasteiger partial charge on any atom is 0.322 e. The first-order valence-electron chi connectivity index (χ1n) is 10.3. The van der Waals surface area contributed by atoms with Gasteiger partial charge in [0.05, 0.1) is 0 Å². The third-order valence-electron chi connectivity index (χ3n) is 6.55. The van der Waals surface area contributed by atoms with Crippen LogP contribution >= 0.6 is 24.0 Å². The maximum absolute atomic E-state index is 12.2. The molecular formula is C19H35IN6O2. The summed E-state index contributed by atoms with van der Waals surface area (Å²) in [5.74, 6) is 0.887. The second-order valence-electron chi connectivity index (χ2n) is 8.08. The molecule has 0 saturated carbocycles. The summed E-state index contributed by atoms with van der Waals surface area (Å²) in [5.41, 5.74) is -0.788. The number of rotatable bonds is 4. The van der Waals surface area contributed by atoms with Crippen molar-refractivity contribution in [2.45, 2.75) is 57.5 Å². The van der Waals surface area contributed by atoms with E-state index in [1.165, 1.54) is 25.8 Å². The van der Waals surface area contributed by atoms with Crippen LogP contribution in [0.3, 0.4) is 0 Å². The number of piperidine rings is 2. The summed E-state index contributed by atoms with van der Waals surface area (Å²) >= 11 is 0. The van der Waals surface area contributed by atoms with Crippen molar-refractivity contribution in [1.29, 1.82) is 0 Å². The molecule has 3 aliphatic rings. The van der Waals surface area contributed by atoms with Gasteiger partial charge in [-0.2, -0.15) is 0 Å². The van der Waals surface area contributed by atoms with Gasteiger partial charge >= 0.3 is 6.03 Å².